The number of carbonyl (C=O) groups is 1. The first-order valence-electron chi connectivity index (χ1n) is 6.29. The van der Waals surface area contributed by atoms with Crippen molar-refractivity contribution < 1.29 is 13.2 Å². The van der Waals surface area contributed by atoms with Crippen LogP contribution >= 0.6 is 27.3 Å². The van der Waals surface area contributed by atoms with Gasteiger partial charge in [-0.2, -0.15) is 0 Å². The average molecular weight is 381 g/mol. The Bertz CT molecular complexity index is 585. The molecule has 1 fully saturated rings. The number of nitrogens with one attached hydrogen (secondary N) is 1. The SMILES string of the molecule is Cc1cc(C(=O)NC2CCN(S(C)(=O)=O)CC2)sc1Br. The van der Waals surface area contributed by atoms with Crippen molar-refractivity contribution in [3.8, 4) is 0 Å². The van der Waals surface area contributed by atoms with Crippen LogP contribution in [0.2, 0.25) is 0 Å². The monoisotopic (exact) mass is 380 g/mol. The van der Waals surface area contributed by atoms with E-state index in [-0.39, 0.29) is 11.9 Å². The smallest absolute Gasteiger partial charge is 0.261 e. The van der Waals surface area contributed by atoms with Crippen LogP contribution in [0.4, 0.5) is 0 Å². The van der Waals surface area contributed by atoms with Crippen LogP contribution in [-0.4, -0.2) is 44.0 Å². The third-order valence-electron chi connectivity index (χ3n) is 3.34. The van der Waals surface area contributed by atoms with Crippen LogP contribution < -0.4 is 5.32 Å². The van der Waals surface area contributed by atoms with Gasteiger partial charge < -0.3 is 5.32 Å². The van der Waals surface area contributed by atoms with E-state index in [2.05, 4.69) is 21.2 Å². The molecule has 1 saturated heterocycles. The van der Waals surface area contributed by atoms with Gasteiger partial charge in [0.2, 0.25) is 10.0 Å². The second-order valence-corrected chi connectivity index (χ2v) is 9.33. The van der Waals surface area contributed by atoms with E-state index in [4.69, 9.17) is 0 Å². The quantitative estimate of drug-likeness (QED) is 0.871. The number of sulfonamides is 1. The lowest BCUT2D eigenvalue weighted by atomic mass is 10.1. The third kappa shape index (κ3) is 3.81. The maximum absolute atomic E-state index is 12.1. The minimum Gasteiger partial charge on any atom is -0.349 e. The van der Waals surface area contributed by atoms with Gasteiger partial charge in [0, 0.05) is 19.1 Å². The molecule has 1 aliphatic heterocycles. The van der Waals surface area contributed by atoms with Crippen molar-refractivity contribution >= 4 is 43.2 Å². The van der Waals surface area contributed by atoms with Gasteiger partial charge in [0.05, 0.1) is 14.9 Å². The van der Waals surface area contributed by atoms with Crippen LogP contribution in [0.1, 0.15) is 28.1 Å². The fourth-order valence-corrected chi connectivity index (χ4v) is 4.47. The predicted octanol–water partition coefficient (Wildman–Crippen LogP) is 1.97. The molecule has 0 radical (unpaired) electrons. The molecular formula is C12H17BrN2O3S2. The zero-order valence-corrected chi connectivity index (χ0v) is 14.6. The molecule has 0 atom stereocenters. The molecule has 1 aromatic rings. The Morgan fingerprint density at radius 2 is 2.05 bits per heavy atom. The lowest BCUT2D eigenvalue weighted by molar-refractivity contribution is 0.0928. The van der Waals surface area contributed by atoms with Crippen molar-refractivity contribution in [3.05, 3.63) is 20.3 Å². The van der Waals surface area contributed by atoms with Crippen LogP contribution in [0.5, 0.6) is 0 Å². The molecular weight excluding hydrogens is 364 g/mol. The minimum absolute atomic E-state index is 0.0432. The summed E-state index contributed by atoms with van der Waals surface area (Å²) >= 11 is 4.82. The highest BCUT2D eigenvalue weighted by Crippen LogP contribution is 2.27. The topological polar surface area (TPSA) is 66.5 Å². The first-order valence-corrected chi connectivity index (χ1v) is 9.75. The highest BCUT2D eigenvalue weighted by molar-refractivity contribution is 9.11. The third-order valence-corrected chi connectivity index (χ3v) is 6.78. The number of halogens is 1. The number of hydrogen-bond donors (Lipinski definition) is 1. The molecule has 0 spiro atoms. The van der Waals surface area contributed by atoms with Crippen LogP contribution in [0.3, 0.4) is 0 Å². The summed E-state index contributed by atoms with van der Waals surface area (Å²) in [6.45, 7) is 2.88. The van der Waals surface area contributed by atoms with E-state index in [9.17, 15) is 13.2 Å². The molecule has 8 heteroatoms. The largest absolute Gasteiger partial charge is 0.349 e. The fourth-order valence-electron chi connectivity index (χ4n) is 2.16. The molecule has 1 aromatic heterocycles. The Kier molecular flexibility index (Phi) is 4.88. The maximum atomic E-state index is 12.1. The molecule has 2 rings (SSSR count). The molecule has 1 N–H and O–H groups in total. The minimum atomic E-state index is -3.12. The molecule has 1 amide bonds. The summed E-state index contributed by atoms with van der Waals surface area (Å²) in [6.07, 6.45) is 2.53. The number of rotatable bonds is 3. The molecule has 5 nitrogen and oxygen atoms in total. The summed E-state index contributed by atoms with van der Waals surface area (Å²) < 4.78 is 25.3. The van der Waals surface area contributed by atoms with Crippen LogP contribution in [0.15, 0.2) is 9.85 Å². The van der Waals surface area contributed by atoms with Crippen LogP contribution in [0.25, 0.3) is 0 Å². The number of piperidine rings is 1. The molecule has 112 valence electrons. The van der Waals surface area contributed by atoms with Gasteiger partial charge in [0.1, 0.15) is 0 Å². The number of amides is 1. The average Bonchev–Trinajstić information content (AvgIpc) is 2.69. The summed E-state index contributed by atoms with van der Waals surface area (Å²) in [7, 11) is -3.12. The molecule has 1 aliphatic rings. The number of carbonyl (C=O) groups excluding carboxylic acids is 1. The van der Waals surface area contributed by atoms with E-state index in [1.807, 2.05) is 13.0 Å². The second-order valence-electron chi connectivity index (χ2n) is 4.98. The standard InChI is InChI=1S/C12H17BrN2O3S2/c1-8-7-10(19-11(8)13)12(16)14-9-3-5-15(6-4-9)20(2,17)18/h7,9H,3-6H2,1-2H3,(H,14,16). The fraction of sp³-hybridized carbons (Fsp3) is 0.583. The second kappa shape index (κ2) is 6.13. The Hall–Kier alpha value is -0.440. The normalized spacial score (nSPS) is 18.1. The van der Waals surface area contributed by atoms with Crippen LogP contribution in [-0.2, 0) is 10.0 Å². The molecule has 0 aliphatic carbocycles. The van der Waals surface area contributed by atoms with E-state index in [1.54, 1.807) is 0 Å². The lowest BCUT2D eigenvalue weighted by Crippen LogP contribution is -2.46. The Morgan fingerprint density at radius 1 is 1.45 bits per heavy atom. The van der Waals surface area contributed by atoms with Gasteiger partial charge >= 0.3 is 0 Å². The summed E-state index contributed by atoms with van der Waals surface area (Å²) in [5.41, 5.74) is 1.05. The maximum Gasteiger partial charge on any atom is 0.261 e. The van der Waals surface area contributed by atoms with Gasteiger partial charge in [-0.15, -0.1) is 11.3 Å². The molecule has 0 aromatic carbocycles. The lowest BCUT2D eigenvalue weighted by Gasteiger charge is -2.30. The Morgan fingerprint density at radius 3 is 2.50 bits per heavy atom. The van der Waals surface area contributed by atoms with Crippen molar-refractivity contribution in [2.75, 3.05) is 19.3 Å². The van der Waals surface area contributed by atoms with Crippen molar-refractivity contribution in [2.45, 2.75) is 25.8 Å². The van der Waals surface area contributed by atoms with Gasteiger partial charge in [0.25, 0.3) is 5.91 Å². The van der Waals surface area contributed by atoms with E-state index < -0.39 is 10.0 Å². The molecule has 20 heavy (non-hydrogen) atoms. The number of hydrogen-bond acceptors (Lipinski definition) is 4. The predicted molar refractivity (Wildman–Crippen MR) is 83.7 cm³/mol. The van der Waals surface area contributed by atoms with Gasteiger partial charge in [-0.3, -0.25) is 4.79 Å². The molecule has 0 saturated carbocycles. The van der Waals surface area contributed by atoms with Crippen LogP contribution in [0, 0.1) is 6.92 Å². The Balaban J connectivity index is 1.91. The van der Waals surface area contributed by atoms with Crippen molar-refractivity contribution in [1.29, 1.82) is 0 Å². The Labute approximate surface area is 131 Å². The van der Waals surface area contributed by atoms with Crippen molar-refractivity contribution in [1.82, 2.24) is 9.62 Å². The number of nitrogens with zero attached hydrogens (tertiary/aromatic N) is 1. The van der Waals surface area contributed by atoms with Crippen molar-refractivity contribution in [2.24, 2.45) is 0 Å². The zero-order chi connectivity index (χ0) is 14.9. The molecule has 0 unspecified atom stereocenters. The van der Waals surface area contributed by atoms with Gasteiger partial charge in [-0.25, -0.2) is 12.7 Å². The number of thiophene rings is 1. The summed E-state index contributed by atoms with van der Waals surface area (Å²) in [6, 6.07) is 1.90. The highest BCUT2D eigenvalue weighted by Gasteiger charge is 2.26. The van der Waals surface area contributed by atoms with E-state index in [0.717, 1.165) is 9.35 Å². The van der Waals surface area contributed by atoms with E-state index in [0.29, 0.717) is 30.8 Å². The van der Waals surface area contributed by atoms with Crippen molar-refractivity contribution in [3.63, 3.8) is 0 Å². The van der Waals surface area contributed by atoms with Gasteiger partial charge in [0.15, 0.2) is 0 Å². The zero-order valence-electron chi connectivity index (χ0n) is 11.3. The first kappa shape index (κ1) is 15.9. The summed E-state index contributed by atoms with van der Waals surface area (Å²) in [5, 5.41) is 2.98. The highest BCUT2D eigenvalue weighted by atomic mass is 79.9. The summed E-state index contributed by atoms with van der Waals surface area (Å²) in [5.74, 6) is -0.0818. The molecule has 0 bridgehead atoms. The van der Waals surface area contributed by atoms with E-state index >= 15 is 0 Å². The van der Waals surface area contributed by atoms with Gasteiger partial charge in [-0.1, -0.05) is 0 Å². The molecule has 2 heterocycles. The first-order chi connectivity index (χ1) is 9.27. The number of aryl methyl sites for hydroxylation is 1. The van der Waals surface area contributed by atoms with E-state index in [1.165, 1.54) is 21.9 Å². The summed E-state index contributed by atoms with van der Waals surface area (Å²) in [4.78, 5) is 12.8. The van der Waals surface area contributed by atoms with Gasteiger partial charge in [-0.05, 0) is 47.3 Å².